The van der Waals surface area contributed by atoms with E-state index in [2.05, 4.69) is 0 Å². The van der Waals surface area contributed by atoms with Gasteiger partial charge in [-0.2, -0.15) is 0 Å². The highest BCUT2D eigenvalue weighted by Gasteiger charge is 2.04. The van der Waals surface area contributed by atoms with Gasteiger partial charge < -0.3 is 9.47 Å². The van der Waals surface area contributed by atoms with Crippen LogP contribution in [0.2, 0.25) is 0 Å². The van der Waals surface area contributed by atoms with Crippen LogP contribution in [0.3, 0.4) is 0 Å². The van der Waals surface area contributed by atoms with Gasteiger partial charge in [0.2, 0.25) is 0 Å². The number of hydrogen-bond donors (Lipinski definition) is 0. The highest BCUT2D eigenvalue weighted by molar-refractivity contribution is 5.83. The summed E-state index contributed by atoms with van der Waals surface area (Å²) < 4.78 is 10.1. The van der Waals surface area contributed by atoms with Crippen LogP contribution in [-0.4, -0.2) is 18.0 Å². The van der Waals surface area contributed by atoms with E-state index in [1.165, 1.54) is 18.2 Å². The molecule has 1 aromatic rings. The Bertz CT molecular complexity index is 556. The summed E-state index contributed by atoms with van der Waals surface area (Å²) in [6, 6.07) is 9.40. The maximum absolute atomic E-state index is 11.5. The van der Waals surface area contributed by atoms with E-state index >= 15 is 0 Å². The molecule has 4 nitrogen and oxygen atoms in total. The molecule has 0 unspecified atom stereocenters. The molecule has 0 fully saturated rings. The second kappa shape index (κ2) is 10.2. The molecule has 0 saturated heterocycles. The van der Waals surface area contributed by atoms with Crippen molar-refractivity contribution in [2.45, 2.75) is 26.6 Å². The first kappa shape index (κ1) is 17.4. The van der Waals surface area contributed by atoms with Gasteiger partial charge in [-0.25, -0.2) is 9.59 Å². The van der Waals surface area contributed by atoms with Gasteiger partial charge in [-0.1, -0.05) is 48.6 Å². The third-order valence-electron chi connectivity index (χ3n) is 2.57. The number of hydrogen-bond acceptors (Lipinski definition) is 4. The number of carbonyl (C=O) groups is 2. The van der Waals surface area contributed by atoms with Gasteiger partial charge in [0.1, 0.15) is 12.7 Å². The highest BCUT2D eigenvalue weighted by atomic mass is 16.5. The Kier molecular flexibility index (Phi) is 8.05. The van der Waals surface area contributed by atoms with Crippen LogP contribution < -0.4 is 0 Å². The van der Waals surface area contributed by atoms with E-state index in [0.29, 0.717) is 0 Å². The second-order valence-electron chi connectivity index (χ2n) is 4.48. The number of benzene rings is 1. The maximum Gasteiger partial charge on any atom is 0.331 e. The van der Waals surface area contributed by atoms with Crippen molar-refractivity contribution in [3.05, 3.63) is 72.4 Å². The smallest absolute Gasteiger partial charge is 0.331 e. The predicted molar refractivity (Wildman–Crippen MR) is 84.9 cm³/mol. The fraction of sp³-hybridized carbons (Fsp3) is 0.222. The Balaban J connectivity index is 2.33. The number of ether oxygens (including phenoxy) is 2. The molecule has 0 saturated carbocycles. The van der Waals surface area contributed by atoms with E-state index in [4.69, 9.17) is 9.47 Å². The minimum absolute atomic E-state index is 0.213. The lowest BCUT2D eigenvalue weighted by molar-refractivity contribution is -0.141. The first-order valence-corrected chi connectivity index (χ1v) is 7.00. The van der Waals surface area contributed by atoms with Crippen LogP contribution in [0.25, 0.3) is 0 Å². The van der Waals surface area contributed by atoms with Crippen molar-refractivity contribution >= 4 is 11.9 Å². The molecule has 0 spiro atoms. The lowest BCUT2D eigenvalue weighted by atomic mass is 10.2. The van der Waals surface area contributed by atoms with Crippen molar-refractivity contribution in [3.8, 4) is 0 Å². The van der Waals surface area contributed by atoms with Crippen molar-refractivity contribution in [2.75, 3.05) is 0 Å². The topological polar surface area (TPSA) is 52.6 Å². The molecule has 0 aliphatic heterocycles. The molecule has 0 aliphatic carbocycles. The standard InChI is InChI=1S/C18H20O4/c1-3-4-6-11-18(20)22-15(2)12-13-17(19)21-14-16-9-7-5-8-10-16/h3-13,15H,14H2,1-2H3/b4-3+,11-6+,13-12-/t15-/m1/s1. The Morgan fingerprint density at radius 2 is 1.82 bits per heavy atom. The Morgan fingerprint density at radius 3 is 2.50 bits per heavy atom. The molecule has 0 aliphatic rings. The van der Waals surface area contributed by atoms with Crippen molar-refractivity contribution in [3.63, 3.8) is 0 Å². The fourth-order valence-electron chi connectivity index (χ4n) is 1.50. The number of allylic oxidation sites excluding steroid dienone is 3. The largest absolute Gasteiger partial charge is 0.458 e. The monoisotopic (exact) mass is 300 g/mol. The molecular formula is C18H20O4. The summed E-state index contributed by atoms with van der Waals surface area (Å²) in [5.74, 6) is -0.941. The van der Waals surface area contributed by atoms with Gasteiger partial charge in [-0.15, -0.1) is 0 Å². The second-order valence-corrected chi connectivity index (χ2v) is 4.48. The highest BCUT2D eigenvalue weighted by Crippen LogP contribution is 2.02. The summed E-state index contributed by atoms with van der Waals surface area (Å²) in [7, 11) is 0. The van der Waals surface area contributed by atoms with Crippen LogP contribution in [0.15, 0.2) is 66.8 Å². The van der Waals surface area contributed by atoms with Crippen molar-refractivity contribution < 1.29 is 19.1 Å². The summed E-state index contributed by atoms with van der Waals surface area (Å²) in [4.78, 5) is 22.9. The van der Waals surface area contributed by atoms with Crippen LogP contribution in [0.1, 0.15) is 19.4 Å². The van der Waals surface area contributed by atoms with E-state index in [9.17, 15) is 9.59 Å². The maximum atomic E-state index is 11.5. The lowest BCUT2D eigenvalue weighted by Gasteiger charge is -2.06. The zero-order chi connectivity index (χ0) is 16.2. The van der Waals surface area contributed by atoms with Crippen molar-refractivity contribution in [1.82, 2.24) is 0 Å². The fourth-order valence-corrected chi connectivity index (χ4v) is 1.50. The minimum atomic E-state index is -0.507. The molecule has 0 amide bonds. The summed E-state index contributed by atoms with van der Waals surface area (Å²) in [5.41, 5.74) is 0.915. The molecule has 116 valence electrons. The molecule has 22 heavy (non-hydrogen) atoms. The Hall–Kier alpha value is -2.62. The number of rotatable bonds is 7. The third kappa shape index (κ3) is 7.85. The van der Waals surface area contributed by atoms with Gasteiger partial charge in [-0.05, 0) is 25.5 Å². The third-order valence-corrected chi connectivity index (χ3v) is 2.57. The summed E-state index contributed by atoms with van der Waals surface area (Å²) in [5, 5.41) is 0. The van der Waals surface area contributed by atoms with Gasteiger partial charge in [0.05, 0.1) is 0 Å². The molecule has 1 atom stereocenters. The minimum Gasteiger partial charge on any atom is -0.458 e. The van der Waals surface area contributed by atoms with Gasteiger partial charge in [-0.3, -0.25) is 0 Å². The van der Waals surface area contributed by atoms with E-state index in [0.717, 1.165) is 5.56 Å². The van der Waals surface area contributed by atoms with Gasteiger partial charge in [0.15, 0.2) is 0 Å². The molecule has 1 aromatic carbocycles. The zero-order valence-corrected chi connectivity index (χ0v) is 12.8. The Morgan fingerprint density at radius 1 is 1.09 bits per heavy atom. The van der Waals surface area contributed by atoms with Crippen molar-refractivity contribution in [2.24, 2.45) is 0 Å². The summed E-state index contributed by atoms with van der Waals surface area (Å²) >= 11 is 0. The zero-order valence-electron chi connectivity index (χ0n) is 12.8. The molecular weight excluding hydrogens is 280 g/mol. The van der Waals surface area contributed by atoms with Crippen LogP contribution >= 0.6 is 0 Å². The Labute approximate surface area is 130 Å². The predicted octanol–water partition coefficient (Wildman–Crippen LogP) is 3.35. The molecule has 0 aromatic heterocycles. The van der Waals surface area contributed by atoms with E-state index < -0.39 is 18.0 Å². The molecule has 0 N–H and O–H groups in total. The van der Waals surface area contributed by atoms with Crippen LogP contribution in [0.4, 0.5) is 0 Å². The lowest BCUT2D eigenvalue weighted by Crippen LogP contribution is -2.11. The average molecular weight is 300 g/mol. The molecule has 0 heterocycles. The summed E-state index contributed by atoms with van der Waals surface area (Å²) in [6.07, 6.45) is 8.67. The van der Waals surface area contributed by atoms with Crippen LogP contribution in [0, 0.1) is 0 Å². The molecule has 0 radical (unpaired) electrons. The van der Waals surface area contributed by atoms with Crippen LogP contribution in [0.5, 0.6) is 0 Å². The van der Waals surface area contributed by atoms with E-state index in [1.807, 2.05) is 37.3 Å². The quantitative estimate of drug-likeness (QED) is 0.440. The van der Waals surface area contributed by atoms with Gasteiger partial charge in [0.25, 0.3) is 0 Å². The number of carbonyl (C=O) groups excluding carboxylic acids is 2. The molecule has 4 heteroatoms. The number of esters is 2. The molecule has 0 bridgehead atoms. The SMILES string of the molecule is C/C=C/C=C/C(=O)O[C@H](C)/C=C\C(=O)OCc1ccccc1. The normalized spacial score (nSPS) is 12.8. The van der Waals surface area contributed by atoms with E-state index in [-0.39, 0.29) is 6.61 Å². The summed E-state index contributed by atoms with van der Waals surface area (Å²) in [6.45, 7) is 3.73. The van der Waals surface area contributed by atoms with Gasteiger partial charge in [0, 0.05) is 12.2 Å². The average Bonchev–Trinajstić information content (AvgIpc) is 2.52. The molecule has 1 rings (SSSR count). The van der Waals surface area contributed by atoms with Gasteiger partial charge >= 0.3 is 11.9 Å². The first-order chi connectivity index (χ1) is 10.6. The first-order valence-electron chi connectivity index (χ1n) is 7.00. The van der Waals surface area contributed by atoms with E-state index in [1.54, 1.807) is 25.2 Å². The van der Waals surface area contributed by atoms with Crippen molar-refractivity contribution in [1.29, 1.82) is 0 Å². The van der Waals surface area contributed by atoms with Crippen LogP contribution in [-0.2, 0) is 25.7 Å².